The minimum atomic E-state index is -4.80. The van der Waals surface area contributed by atoms with E-state index < -0.39 is 58.3 Å². The summed E-state index contributed by atoms with van der Waals surface area (Å²) >= 11 is 0. The number of anilines is 1. The van der Waals surface area contributed by atoms with Crippen LogP contribution in [0, 0.1) is 23.2 Å². The lowest BCUT2D eigenvalue weighted by molar-refractivity contribution is -0.154. The molecule has 28 heavy (non-hydrogen) atoms. The first kappa shape index (κ1) is 20.1. The third kappa shape index (κ3) is 2.91. The van der Waals surface area contributed by atoms with Crippen molar-refractivity contribution in [2.45, 2.75) is 43.8 Å². The lowest BCUT2D eigenvalue weighted by Gasteiger charge is -2.35. The fourth-order valence-electron chi connectivity index (χ4n) is 4.33. The number of halogens is 3. The third-order valence-corrected chi connectivity index (χ3v) is 5.58. The molecule has 3 N–H and O–H groups in total. The van der Waals surface area contributed by atoms with Crippen molar-refractivity contribution < 1.29 is 37.7 Å². The molecule has 2 saturated heterocycles. The van der Waals surface area contributed by atoms with Crippen molar-refractivity contribution in [3.63, 3.8) is 0 Å². The van der Waals surface area contributed by atoms with Gasteiger partial charge in [0.15, 0.2) is 0 Å². The molecule has 2 aliphatic rings. The molecule has 150 valence electrons. The summed E-state index contributed by atoms with van der Waals surface area (Å²) in [4.78, 5) is 24.6. The number of hydrogen-bond acceptors (Lipinski definition) is 5. The van der Waals surface area contributed by atoms with Crippen molar-refractivity contribution in [1.29, 1.82) is 5.26 Å². The molecule has 0 radical (unpaired) electrons. The molecule has 2 unspecified atom stereocenters. The monoisotopic (exact) mass is 398 g/mol. The van der Waals surface area contributed by atoms with E-state index in [9.17, 15) is 33.0 Å². The van der Waals surface area contributed by atoms with Gasteiger partial charge in [0, 0.05) is 12.1 Å². The molecular formula is C18H17F3N2O5. The van der Waals surface area contributed by atoms with Gasteiger partial charge in [0.25, 0.3) is 0 Å². The molecule has 0 spiro atoms. The van der Waals surface area contributed by atoms with Crippen LogP contribution in [0.1, 0.15) is 31.4 Å². The molecule has 1 aromatic carbocycles. The Labute approximate surface area is 157 Å². The van der Waals surface area contributed by atoms with Crippen LogP contribution in [0.25, 0.3) is 0 Å². The summed E-state index contributed by atoms with van der Waals surface area (Å²) in [6.07, 6.45) is -5.87. The molecule has 1 amide bonds. The van der Waals surface area contributed by atoms with Crippen molar-refractivity contribution in [1.82, 2.24) is 0 Å². The predicted octanol–water partition coefficient (Wildman–Crippen LogP) is 2.14. The zero-order valence-electron chi connectivity index (χ0n) is 14.9. The van der Waals surface area contributed by atoms with E-state index in [1.807, 2.05) is 0 Å². The molecule has 10 heteroatoms. The van der Waals surface area contributed by atoms with Gasteiger partial charge in [-0.15, -0.1) is 0 Å². The Hall–Kier alpha value is -2.64. The maximum atomic E-state index is 13.1. The molecule has 2 bridgehead atoms. The molecule has 2 aliphatic heterocycles. The average Bonchev–Trinajstić information content (AvgIpc) is 2.95. The second-order valence-corrected chi connectivity index (χ2v) is 7.47. The van der Waals surface area contributed by atoms with Gasteiger partial charge in [-0.3, -0.25) is 9.59 Å². The van der Waals surface area contributed by atoms with E-state index >= 15 is 0 Å². The molecule has 0 saturated carbocycles. The maximum absolute atomic E-state index is 13.1. The van der Waals surface area contributed by atoms with Gasteiger partial charge in [0.2, 0.25) is 5.91 Å². The zero-order chi connectivity index (χ0) is 21.1. The van der Waals surface area contributed by atoms with Crippen LogP contribution in [0.15, 0.2) is 18.2 Å². The molecular weight excluding hydrogens is 381 g/mol. The van der Waals surface area contributed by atoms with Crippen LogP contribution in [-0.2, 0) is 20.5 Å². The third-order valence-electron chi connectivity index (χ3n) is 5.58. The second kappa shape index (κ2) is 6.18. The predicted molar refractivity (Wildman–Crippen MR) is 87.9 cm³/mol. The summed E-state index contributed by atoms with van der Waals surface area (Å²) in [5.41, 5.74) is -4.79. The molecule has 1 aromatic rings. The SMILES string of the molecule is CC12C[C@@H](O)C(C)(O1)[C@H](C(=O)O)[C@@H]2C(=O)Nc1ccc(C#N)c(C(F)(F)F)c1. The number of aliphatic hydroxyl groups is 1. The normalized spacial score (nSPS) is 34.1. The van der Waals surface area contributed by atoms with Crippen LogP contribution in [-0.4, -0.2) is 39.4 Å². The number of carboxylic acid groups (broad SMARTS) is 1. The lowest BCUT2D eigenvalue weighted by atomic mass is 9.66. The number of fused-ring (bicyclic) bond motifs is 2. The molecule has 2 heterocycles. The summed E-state index contributed by atoms with van der Waals surface area (Å²) in [6.45, 7) is 2.90. The van der Waals surface area contributed by atoms with Crippen molar-refractivity contribution in [3.8, 4) is 6.07 Å². The van der Waals surface area contributed by atoms with Gasteiger partial charge in [0.1, 0.15) is 11.5 Å². The quantitative estimate of drug-likeness (QED) is 0.718. The number of benzene rings is 1. The Morgan fingerprint density at radius 3 is 2.50 bits per heavy atom. The van der Waals surface area contributed by atoms with Crippen LogP contribution < -0.4 is 5.32 Å². The van der Waals surface area contributed by atoms with Crippen molar-refractivity contribution in [3.05, 3.63) is 29.3 Å². The first-order valence-electron chi connectivity index (χ1n) is 8.37. The molecule has 7 nitrogen and oxygen atoms in total. The first-order chi connectivity index (χ1) is 12.8. The summed E-state index contributed by atoms with van der Waals surface area (Å²) in [5, 5.41) is 30.9. The van der Waals surface area contributed by atoms with Gasteiger partial charge in [-0.2, -0.15) is 18.4 Å². The van der Waals surface area contributed by atoms with E-state index in [1.165, 1.54) is 19.9 Å². The van der Waals surface area contributed by atoms with Gasteiger partial charge in [-0.05, 0) is 32.0 Å². The van der Waals surface area contributed by atoms with Gasteiger partial charge >= 0.3 is 12.1 Å². The summed E-state index contributed by atoms with van der Waals surface area (Å²) in [5.74, 6) is -4.77. The van der Waals surface area contributed by atoms with E-state index in [1.54, 1.807) is 0 Å². The van der Waals surface area contributed by atoms with E-state index in [-0.39, 0.29) is 12.1 Å². The fourth-order valence-corrected chi connectivity index (χ4v) is 4.33. The number of carbonyl (C=O) groups excluding carboxylic acids is 1. The van der Waals surface area contributed by atoms with E-state index in [0.29, 0.717) is 6.07 Å². The number of amides is 1. The van der Waals surface area contributed by atoms with Gasteiger partial charge in [0.05, 0.1) is 34.8 Å². The van der Waals surface area contributed by atoms with Crippen LogP contribution in [0.4, 0.5) is 18.9 Å². The van der Waals surface area contributed by atoms with Crippen molar-refractivity contribution in [2.75, 3.05) is 5.32 Å². The maximum Gasteiger partial charge on any atom is 0.417 e. The standard InChI is InChI=1S/C18H17F3N2O5/c1-16-6-11(24)17(2,28-16)13(15(26)27)12(16)14(25)23-9-4-3-8(7-22)10(5-9)18(19,20)21/h3-5,11-13,24H,6H2,1-2H3,(H,23,25)(H,26,27)/t11-,12-,13+,16?,17?/m1/s1. The minimum Gasteiger partial charge on any atom is -0.481 e. The van der Waals surface area contributed by atoms with E-state index in [0.717, 1.165) is 12.1 Å². The highest BCUT2D eigenvalue weighted by molar-refractivity contribution is 5.97. The highest BCUT2D eigenvalue weighted by atomic mass is 19.4. The lowest BCUT2D eigenvalue weighted by Crippen LogP contribution is -2.54. The molecule has 2 fully saturated rings. The van der Waals surface area contributed by atoms with Crippen LogP contribution in [0.5, 0.6) is 0 Å². The minimum absolute atomic E-state index is 0.0204. The Morgan fingerprint density at radius 1 is 1.32 bits per heavy atom. The number of alkyl halides is 3. The summed E-state index contributed by atoms with van der Waals surface area (Å²) in [6, 6.07) is 4.12. The van der Waals surface area contributed by atoms with E-state index in [2.05, 4.69) is 5.32 Å². The number of nitrogens with zero attached hydrogens (tertiary/aromatic N) is 1. The number of ether oxygens (including phenoxy) is 1. The Morgan fingerprint density at radius 2 is 1.96 bits per heavy atom. The largest absolute Gasteiger partial charge is 0.481 e. The summed E-state index contributed by atoms with van der Waals surface area (Å²) in [7, 11) is 0. The number of hydrogen-bond donors (Lipinski definition) is 3. The van der Waals surface area contributed by atoms with Gasteiger partial charge in [-0.1, -0.05) is 0 Å². The summed E-state index contributed by atoms with van der Waals surface area (Å²) < 4.78 is 45.0. The Balaban J connectivity index is 1.94. The second-order valence-electron chi connectivity index (χ2n) is 7.47. The topological polar surface area (TPSA) is 120 Å². The number of aliphatic hydroxyl groups excluding tert-OH is 1. The highest BCUT2D eigenvalue weighted by Crippen LogP contribution is 2.57. The number of carbonyl (C=O) groups is 2. The fraction of sp³-hybridized carbons (Fsp3) is 0.500. The zero-order valence-corrected chi connectivity index (χ0v) is 14.9. The molecule has 0 aromatic heterocycles. The molecule has 3 rings (SSSR count). The van der Waals surface area contributed by atoms with Crippen molar-refractivity contribution >= 4 is 17.6 Å². The van der Waals surface area contributed by atoms with Crippen LogP contribution in [0.3, 0.4) is 0 Å². The Bertz CT molecular complexity index is 896. The van der Waals surface area contributed by atoms with Gasteiger partial charge in [-0.25, -0.2) is 0 Å². The number of carboxylic acids is 1. The molecule has 0 aliphatic carbocycles. The smallest absolute Gasteiger partial charge is 0.417 e. The average molecular weight is 398 g/mol. The number of rotatable bonds is 3. The highest BCUT2D eigenvalue weighted by Gasteiger charge is 2.71. The number of nitrogens with one attached hydrogen (secondary N) is 1. The van der Waals surface area contributed by atoms with Crippen LogP contribution in [0.2, 0.25) is 0 Å². The number of aliphatic carboxylic acids is 1. The van der Waals surface area contributed by atoms with Crippen LogP contribution >= 0.6 is 0 Å². The first-order valence-corrected chi connectivity index (χ1v) is 8.37. The molecule has 5 atom stereocenters. The van der Waals surface area contributed by atoms with Gasteiger partial charge < -0.3 is 20.3 Å². The Kier molecular flexibility index (Phi) is 4.44. The van der Waals surface area contributed by atoms with E-state index in [4.69, 9.17) is 10.00 Å². The number of nitriles is 1. The van der Waals surface area contributed by atoms with Crippen molar-refractivity contribution in [2.24, 2.45) is 11.8 Å².